The van der Waals surface area contributed by atoms with Crippen molar-refractivity contribution in [3.63, 3.8) is 0 Å². The molecule has 0 fully saturated rings. The summed E-state index contributed by atoms with van der Waals surface area (Å²) in [4.78, 5) is 4.28. The highest BCUT2D eigenvalue weighted by atomic mass is 16.5. The molecule has 1 rings (SSSR count). The summed E-state index contributed by atoms with van der Waals surface area (Å²) < 4.78 is 5.44. The van der Waals surface area contributed by atoms with Gasteiger partial charge in [0.2, 0.25) is 0 Å². The van der Waals surface area contributed by atoms with E-state index < -0.39 is 0 Å². The van der Waals surface area contributed by atoms with Crippen LogP contribution in [0.1, 0.15) is 19.5 Å². The molecule has 1 N–H and O–H groups in total. The van der Waals surface area contributed by atoms with Gasteiger partial charge in [-0.3, -0.25) is 4.98 Å². The SMILES string of the molecule is C=CCOc1ccnc(CNCC(C)C)c1. The van der Waals surface area contributed by atoms with Crippen molar-refractivity contribution < 1.29 is 4.74 Å². The maximum absolute atomic E-state index is 5.44. The Bertz CT molecular complexity index is 323. The maximum Gasteiger partial charge on any atom is 0.123 e. The maximum atomic E-state index is 5.44. The van der Waals surface area contributed by atoms with E-state index >= 15 is 0 Å². The van der Waals surface area contributed by atoms with Crippen LogP contribution in [0.3, 0.4) is 0 Å². The summed E-state index contributed by atoms with van der Waals surface area (Å²) in [5, 5.41) is 3.35. The third kappa shape index (κ3) is 4.94. The lowest BCUT2D eigenvalue weighted by Gasteiger charge is -2.08. The molecule has 0 aliphatic heterocycles. The first kappa shape index (κ1) is 12.7. The largest absolute Gasteiger partial charge is 0.489 e. The number of nitrogens with one attached hydrogen (secondary N) is 1. The molecule has 0 aliphatic carbocycles. The lowest BCUT2D eigenvalue weighted by atomic mass is 10.2. The lowest BCUT2D eigenvalue weighted by Crippen LogP contribution is -2.19. The van der Waals surface area contributed by atoms with Crippen LogP contribution in [0.25, 0.3) is 0 Å². The number of hydrogen-bond acceptors (Lipinski definition) is 3. The number of aromatic nitrogens is 1. The fourth-order valence-electron chi connectivity index (χ4n) is 1.29. The van der Waals surface area contributed by atoms with Crippen molar-refractivity contribution in [2.24, 2.45) is 5.92 Å². The van der Waals surface area contributed by atoms with Gasteiger partial charge in [-0.15, -0.1) is 0 Å². The molecule has 0 unspecified atom stereocenters. The van der Waals surface area contributed by atoms with Crippen LogP contribution in [0, 0.1) is 5.92 Å². The van der Waals surface area contributed by atoms with Crippen molar-refractivity contribution >= 4 is 0 Å². The van der Waals surface area contributed by atoms with E-state index in [0.717, 1.165) is 24.5 Å². The molecule has 0 spiro atoms. The fraction of sp³-hybridized carbons (Fsp3) is 0.462. The van der Waals surface area contributed by atoms with Crippen molar-refractivity contribution in [1.82, 2.24) is 10.3 Å². The molecule has 0 bridgehead atoms. The van der Waals surface area contributed by atoms with Crippen LogP contribution in [-0.4, -0.2) is 18.1 Å². The highest BCUT2D eigenvalue weighted by Crippen LogP contribution is 2.10. The summed E-state index contributed by atoms with van der Waals surface area (Å²) in [6.45, 7) is 10.3. The van der Waals surface area contributed by atoms with E-state index in [4.69, 9.17) is 4.74 Å². The number of nitrogens with zero attached hydrogens (tertiary/aromatic N) is 1. The minimum Gasteiger partial charge on any atom is -0.489 e. The first-order valence-electron chi connectivity index (χ1n) is 5.61. The molecule has 0 aliphatic rings. The normalized spacial score (nSPS) is 10.4. The minimum absolute atomic E-state index is 0.531. The molecule has 3 nitrogen and oxygen atoms in total. The Labute approximate surface area is 97.5 Å². The number of pyridine rings is 1. The molecule has 88 valence electrons. The highest BCUT2D eigenvalue weighted by molar-refractivity contribution is 5.22. The van der Waals surface area contributed by atoms with Gasteiger partial charge in [-0.2, -0.15) is 0 Å². The van der Waals surface area contributed by atoms with Crippen molar-refractivity contribution in [2.45, 2.75) is 20.4 Å². The quantitative estimate of drug-likeness (QED) is 0.716. The molecule has 1 aromatic rings. The molecule has 0 atom stereocenters. The Morgan fingerprint density at radius 3 is 3.06 bits per heavy atom. The van der Waals surface area contributed by atoms with Crippen LogP contribution in [0.2, 0.25) is 0 Å². The van der Waals surface area contributed by atoms with Gasteiger partial charge in [0.25, 0.3) is 0 Å². The van der Waals surface area contributed by atoms with Crippen molar-refractivity contribution in [3.8, 4) is 5.75 Å². The van der Waals surface area contributed by atoms with Gasteiger partial charge in [0.1, 0.15) is 12.4 Å². The minimum atomic E-state index is 0.531. The Balaban J connectivity index is 2.43. The molecule has 1 heterocycles. The van der Waals surface area contributed by atoms with E-state index in [-0.39, 0.29) is 0 Å². The summed E-state index contributed by atoms with van der Waals surface area (Å²) in [5.41, 5.74) is 1.00. The van der Waals surface area contributed by atoms with Gasteiger partial charge in [0, 0.05) is 18.8 Å². The monoisotopic (exact) mass is 220 g/mol. The summed E-state index contributed by atoms with van der Waals surface area (Å²) in [7, 11) is 0. The summed E-state index contributed by atoms with van der Waals surface area (Å²) in [6, 6.07) is 3.81. The van der Waals surface area contributed by atoms with E-state index in [2.05, 4.69) is 30.7 Å². The predicted octanol–water partition coefficient (Wildman–Crippen LogP) is 2.39. The zero-order chi connectivity index (χ0) is 11.8. The molecule has 0 saturated carbocycles. The Kier molecular flexibility index (Phi) is 5.57. The first-order valence-corrected chi connectivity index (χ1v) is 5.61. The molecule has 0 saturated heterocycles. The molecule has 3 heteroatoms. The molecular weight excluding hydrogens is 200 g/mol. The standard InChI is InChI=1S/C13H20N2O/c1-4-7-16-13-5-6-15-12(8-13)10-14-9-11(2)3/h4-6,8,11,14H,1,7,9-10H2,2-3H3. The third-order valence-corrected chi connectivity index (χ3v) is 2.01. The van der Waals surface area contributed by atoms with E-state index in [1.54, 1.807) is 12.3 Å². The zero-order valence-corrected chi connectivity index (χ0v) is 10.1. The summed E-state index contributed by atoms with van der Waals surface area (Å²) in [6.07, 6.45) is 3.50. The molecular formula is C13H20N2O. The topological polar surface area (TPSA) is 34.1 Å². The lowest BCUT2D eigenvalue weighted by molar-refractivity contribution is 0.362. The Morgan fingerprint density at radius 2 is 2.38 bits per heavy atom. The van der Waals surface area contributed by atoms with Gasteiger partial charge in [-0.1, -0.05) is 26.5 Å². The summed E-state index contributed by atoms with van der Waals surface area (Å²) in [5.74, 6) is 1.50. The van der Waals surface area contributed by atoms with Gasteiger partial charge in [-0.05, 0) is 18.5 Å². The number of ether oxygens (including phenoxy) is 1. The zero-order valence-electron chi connectivity index (χ0n) is 10.1. The van der Waals surface area contributed by atoms with Gasteiger partial charge < -0.3 is 10.1 Å². The summed E-state index contributed by atoms with van der Waals surface area (Å²) >= 11 is 0. The van der Waals surface area contributed by atoms with Gasteiger partial charge in [0.15, 0.2) is 0 Å². The second-order valence-electron chi connectivity index (χ2n) is 4.11. The van der Waals surface area contributed by atoms with Crippen molar-refractivity contribution in [2.75, 3.05) is 13.2 Å². The Hall–Kier alpha value is -1.35. The number of rotatable bonds is 7. The van der Waals surface area contributed by atoms with Crippen LogP contribution in [0.5, 0.6) is 5.75 Å². The second-order valence-corrected chi connectivity index (χ2v) is 4.11. The van der Waals surface area contributed by atoms with Crippen LogP contribution < -0.4 is 10.1 Å². The predicted molar refractivity (Wildman–Crippen MR) is 66.5 cm³/mol. The van der Waals surface area contributed by atoms with E-state index in [9.17, 15) is 0 Å². The van der Waals surface area contributed by atoms with Gasteiger partial charge in [0.05, 0.1) is 5.69 Å². The molecule has 1 aromatic heterocycles. The first-order chi connectivity index (χ1) is 7.72. The average molecular weight is 220 g/mol. The smallest absolute Gasteiger partial charge is 0.123 e. The Morgan fingerprint density at radius 1 is 1.56 bits per heavy atom. The van der Waals surface area contributed by atoms with Gasteiger partial charge >= 0.3 is 0 Å². The van der Waals surface area contributed by atoms with E-state index in [1.165, 1.54) is 0 Å². The molecule has 0 radical (unpaired) electrons. The van der Waals surface area contributed by atoms with Gasteiger partial charge in [-0.25, -0.2) is 0 Å². The van der Waals surface area contributed by atoms with E-state index in [1.807, 2.05) is 12.1 Å². The van der Waals surface area contributed by atoms with Crippen LogP contribution >= 0.6 is 0 Å². The fourth-order valence-corrected chi connectivity index (χ4v) is 1.29. The van der Waals surface area contributed by atoms with Crippen LogP contribution in [0.4, 0.5) is 0 Å². The van der Waals surface area contributed by atoms with Crippen LogP contribution in [-0.2, 0) is 6.54 Å². The third-order valence-electron chi connectivity index (χ3n) is 2.01. The van der Waals surface area contributed by atoms with Crippen molar-refractivity contribution in [3.05, 3.63) is 36.7 Å². The molecule has 0 aromatic carbocycles. The van der Waals surface area contributed by atoms with Crippen LogP contribution in [0.15, 0.2) is 31.0 Å². The van der Waals surface area contributed by atoms with Crippen molar-refractivity contribution in [1.29, 1.82) is 0 Å². The van der Waals surface area contributed by atoms with E-state index in [0.29, 0.717) is 12.5 Å². The highest BCUT2D eigenvalue weighted by Gasteiger charge is 1.98. The molecule has 0 amide bonds. The second kappa shape index (κ2) is 7.01. The molecule has 16 heavy (non-hydrogen) atoms. The number of hydrogen-bond donors (Lipinski definition) is 1. The average Bonchev–Trinajstić information content (AvgIpc) is 2.26.